The monoisotopic (exact) mass is 396 g/mol. The van der Waals surface area contributed by atoms with Gasteiger partial charge < -0.3 is 10.2 Å². The zero-order chi connectivity index (χ0) is 18.7. The smallest absolute Gasteiger partial charge is 0.323 e. The number of halogens is 2. The Hall–Kier alpha value is -1.79. The first kappa shape index (κ1) is 19.0. The van der Waals surface area contributed by atoms with Gasteiger partial charge in [0, 0.05) is 36.1 Å². The molecule has 140 valence electrons. The minimum atomic E-state index is -0.586. The second-order valence-corrected chi connectivity index (χ2v) is 7.57. The second kappa shape index (κ2) is 8.27. The maximum absolute atomic E-state index is 12.8. The van der Waals surface area contributed by atoms with Crippen LogP contribution in [0.15, 0.2) is 18.2 Å². The van der Waals surface area contributed by atoms with E-state index in [2.05, 4.69) is 5.32 Å². The Labute approximate surface area is 162 Å². The molecule has 0 aliphatic carbocycles. The zero-order valence-electron chi connectivity index (χ0n) is 14.4. The van der Waals surface area contributed by atoms with Crippen molar-refractivity contribution < 1.29 is 9.59 Å². The van der Waals surface area contributed by atoms with Crippen molar-refractivity contribution in [2.24, 2.45) is 0 Å². The Morgan fingerprint density at radius 2 is 1.77 bits per heavy atom. The van der Waals surface area contributed by atoms with Crippen molar-refractivity contribution in [3.05, 3.63) is 33.8 Å². The van der Waals surface area contributed by atoms with Crippen LogP contribution >= 0.6 is 23.2 Å². The Bertz CT molecular complexity index is 699. The summed E-state index contributed by atoms with van der Waals surface area (Å²) >= 11 is 12.0. The number of rotatable bonds is 3. The molecular weight excluding hydrogens is 375 g/mol. The van der Waals surface area contributed by atoms with Crippen LogP contribution in [0.2, 0.25) is 10.0 Å². The standard InChI is InChI=1S/C18H22Cl2N4O2/c19-13-8-12(9-14(20)10-13)11-22-18(26)24-15(4-3-5-16(24)21)17(25)23-6-1-2-7-23/h8-10,15,21H,1-7,11H2,(H,22,26). The van der Waals surface area contributed by atoms with Crippen LogP contribution in [0.3, 0.4) is 0 Å². The van der Waals surface area contributed by atoms with Crippen LogP contribution in [0.1, 0.15) is 37.7 Å². The van der Waals surface area contributed by atoms with Gasteiger partial charge in [0.2, 0.25) is 5.91 Å². The van der Waals surface area contributed by atoms with Gasteiger partial charge in [-0.1, -0.05) is 23.2 Å². The van der Waals surface area contributed by atoms with E-state index in [1.165, 1.54) is 4.90 Å². The molecule has 1 unspecified atom stereocenters. The van der Waals surface area contributed by atoms with Crippen LogP contribution in [0.25, 0.3) is 0 Å². The van der Waals surface area contributed by atoms with Gasteiger partial charge in [0.05, 0.1) is 0 Å². The quantitative estimate of drug-likeness (QED) is 0.817. The van der Waals surface area contributed by atoms with Gasteiger partial charge in [-0.25, -0.2) is 4.79 Å². The van der Waals surface area contributed by atoms with Crippen molar-refractivity contribution in [1.82, 2.24) is 15.1 Å². The summed E-state index contributed by atoms with van der Waals surface area (Å²) in [5, 5.41) is 12.0. The van der Waals surface area contributed by atoms with Gasteiger partial charge in [-0.3, -0.25) is 15.1 Å². The van der Waals surface area contributed by atoms with Gasteiger partial charge in [-0.2, -0.15) is 0 Å². The third-order valence-corrected chi connectivity index (χ3v) is 5.22. The molecule has 0 radical (unpaired) electrons. The highest BCUT2D eigenvalue weighted by Gasteiger charge is 2.38. The summed E-state index contributed by atoms with van der Waals surface area (Å²) in [6.07, 6.45) is 3.83. The summed E-state index contributed by atoms with van der Waals surface area (Å²) in [6.45, 7) is 1.70. The van der Waals surface area contributed by atoms with E-state index in [1.807, 2.05) is 0 Å². The lowest BCUT2D eigenvalue weighted by Crippen LogP contribution is -2.57. The van der Waals surface area contributed by atoms with Crippen LogP contribution < -0.4 is 5.32 Å². The molecule has 3 rings (SSSR count). The SMILES string of the molecule is N=C1CCCC(C(=O)N2CCCC2)N1C(=O)NCc1cc(Cl)cc(Cl)c1. The van der Waals surface area contributed by atoms with E-state index < -0.39 is 12.1 Å². The number of hydrogen-bond acceptors (Lipinski definition) is 3. The summed E-state index contributed by atoms with van der Waals surface area (Å²) in [6, 6.07) is 4.06. The molecule has 26 heavy (non-hydrogen) atoms. The van der Waals surface area contributed by atoms with Crippen molar-refractivity contribution in [1.29, 1.82) is 5.41 Å². The summed E-state index contributed by atoms with van der Waals surface area (Å²) in [5.74, 6) is 0.142. The molecule has 0 aromatic heterocycles. The number of hydrogen-bond donors (Lipinski definition) is 2. The van der Waals surface area contributed by atoms with Crippen LogP contribution in [0.4, 0.5) is 4.79 Å². The predicted octanol–water partition coefficient (Wildman–Crippen LogP) is 3.66. The molecule has 2 aliphatic rings. The highest BCUT2D eigenvalue weighted by atomic mass is 35.5. The van der Waals surface area contributed by atoms with E-state index in [4.69, 9.17) is 28.6 Å². The first-order valence-corrected chi connectivity index (χ1v) is 9.59. The highest BCUT2D eigenvalue weighted by molar-refractivity contribution is 6.34. The fourth-order valence-electron chi connectivity index (χ4n) is 3.52. The molecule has 0 saturated carbocycles. The number of benzene rings is 1. The fourth-order valence-corrected chi connectivity index (χ4v) is 4.09. The fraction of sp³-hybridized carbons (Fsp3) is 0.500. The minimum Gasteiger partial charge on any atom is -0.341 e. The van der Waals surface area contributed by atoms with Crippen molar-refractivity contribution in [2.45, 2.75) is 44.7 Å². The van der Waals surface area contributed by atoms with E-state index in [0.29, 0.717) is 22.9 Å². The lowest BCUT2D eigenvalue weighted by atomic mass is 10.0. The van der Waals surface area contributed by atoms with E-state index in [-0.39, 0.29) is 18.3 Å². The molecule has 2 aliphatic heterocycles. The Kier molecular flexibility index (Phi) is 6.04. The van der Waals surface area contributed by atoms with Crippen molar-refractivity contribution in [2.75, 3.05) is 13.1 Å². The van der Waals surface area contributed by atoms with Crippen molar-refractivity contribution in [3.63, 3.8) is 0 Å². The molecular formula is C18H22Cl2N4O2. The highest BCUT2D eigenvalue weighted by Crippen LogP contribution is 2.23. The van der Waals surface area contributed by atoms with Gasteiger partial charge in [-0.05, 0) is 49.4 Å². The minimum absolute atomic E-state index is 0.0482. The molecule has 2 fully saturated rings. The van der Waals surface area contributed by atoms with Crippen LogP contribution in [-0.4, -0.2) is 46.7 Å². The summed E-state index contributed by atoms with van der Waals surface area (Å²) < 4.78 is 0. The molecule has 1 aromatic carbocycles. The zero-order valence-corrected chi connectivity index (χ0v) is 15.9. The first-order valence-electron chi connectivity index (χ1n) is 8.84. The van der Waals surface area contributed by atoms with Crippen LogP contribution in [0, 0.1) is 5.41 Å². The van der Waals surface area contributed by atoms with Crippen LogP contribution in [0.5, 0.6) is 0 Å². The molecule has 1 aromatic rings. The van der Waals surface area contributed by atoms with E-state index >= 15 is 0 Å². The molecule has 0 spiro atoms. The van der Waals surface area contributed by atoms with E-state index in [9.17, 15) is 9.59 Å². The topological polar surface area (TPSA) is 76.5 Å². The number of carbonyl (C=O) groups excluding carboxylic acids is 2. The number of nitrogens with zero attached hydrogens (tertiary/aromatic N) is 2. The number of amides is 3. The van der Waals surface area contributed by atoms with Crippen molar-refractivity contribution >= 4 is 41.0 Å². The molecule has 8 heteroatoms. The van der Waals surface area contributed by atoms with Gasteiger partial charge in [0.15, 0.2) is 0 Å². The first-order chi connectivity index (χ1) is 12.5. The lowest BCUT2D eigenvalue weighted by Gasteiger charge is -2.36. The third-order valence-electron chi connectivity index (χ3n) is 4.78. The van der Waals surface area contributed by atoms with Gasteiger partial charge >= 0.3 is 6.03 Å². The van der Waals surface area contributed by atoms with Gasteiger partial charge in [0.1, 0.15) is 11.9 Å². The number of amidine groups is 1. The number of carbonyl (C=O) groups is 2. The number of nitrogens with one attached hydrogen (secondary N) is 2. The number of urea groups is 1. The maximum atomic E-state index is 12.8. The average Bonchev–Trinajstić information content (AvgIpc) is 3.12. The van der Waals surface area contributed by atoms with Crippen molar-refractivity contribution in [3.8, 4) is 0 Å². The lowest BCUT2D eigenvalue weighted by molar-refractivity contribution is -0.134. The van der Waals surface area contributed by atoms with E-state index in [1.54, 1.807) is 23.1 Å². The van der Waals surface area contributed by atoms with Gasteiger partial charge in [-0.15, -0.1) is 0 Å². The maximum Gasteiger partial charge on any atom is 0.323 e. The molecule has 0 bridgehead atoms. The Morgan fingerprint density at radius 1 is 1.12 bits per heavy atom. The largest absolute Gasteiger partial charge is 0.341 e. The molecule has 1 atom stereocenters. The summed E-state index contributed by atoms with van der Waals surface area (Å²) in [4.78, 5) is 28.6. The molecule has 2 saturated heterocycles. The molecule has 6 nitrogen and oxygen atoms in total. The summed E-state index contributed by atoms with van der Waals surface area (Å²) in [7, 11) is 0. The Morgan fingerprint density at radius 3 is 2.42 bits per heavy atom. The van der Waals surface area contributed by atoms with Gasteiger partial charge in [0.25, 0.3) is 0 Å². The van der Waals surface area contributed by atoms with E-state index in [0.717, 1.165) is 37.9 Å². The third kappa shape index (κ3) is 4.30. The molecule has 3 amide bonds. The second-order valence-electron chi connectivity index (χ2n) is 6.69. The Balaban J connectivity index is 1.69. The number of likely N-dealkylation sites (tertiary alicyclic amines) is 2. The van der Waals surface area contributed by atoms with Crippen LogP contribution in [-0.2, 0) is 11.3 Å². The normalized spacial score (nSPS) is 20.4. The average molecular weight is 397 g/mol. The molecule has 2 heterocycles. The summed E-state index contributed by atoms with van der Waals surface area (Å²) in [5.41, 5.74) is 0.766. The number of piperidine rings is 1. The predicted molar refractivity (Wildman–Crippen MR) is 102 cm³/mol. The molecule has 2 N–H and O–H groups in total.